The maximum absolute atomic E-state index is 13.7. The smallest absolute Gasteiger partial charge is 0.277 e. The molecule has 0 atom stereocenters. The van der Waals surface area contributed by atoms with Crippen molar-refractivity contribution in [1.82, 2.24) is 15.2 Å². The monoisotopic (exact) mass is 464 g/mol. The van der Waals surface area contributed by atoms with Crippen LogP contribution in [0.25, 0.3) is 21.7 Å². The van der Waals surface area contributed by atoms with Crippen LogP contribution in [0.5, 0.6) is 0 Å². The number of aromatic nitrogens is 3. The maximum Gasteiger partial charge on any atom is 0.277 e. The topological polar surface area (TPSA) is 80.9 Å². The number of amides is 1. The molecule has 0 bridgehead atoms. The number of thioether (sulfide) groups is 1. The number of nitrogens with one attached hydrogen (secondary N) is 1. The van der Waals surface area contributed by atoms with Gasteiger partial charge in [0.1, 0.15) is 5.82 Å². The van der Waals surface area contributed by atoms with Crippen molar-refractivity contribution in [2.45, 2.75) is 5.22 Å². The molecule has 2 aromatic carbocycles. The third kappa shape index (κ3) is 4.18. The summed E-state index contributed by atoms with van der Waals surface area (Å²) in [5.74, 6) is -0.548. The number of thiazole rings is 1. The number of nitrogens with zero attached hydrogens (tertiary/aromatic N) is 3. The van der Waals surface area contributed by atoms with Gasteiger partial charge in [-0.05, 0) is 30.3 Å². The predicted molar refractivity (Wildman–Crippen MR) is 106 cm³/mol. The number of benzene rings is 2. The summed E-state index contributed by atoms with van der Waals surface area (Å²) >= 11 is 5.87. The Hall–Kier alpha value is -2.30. The third-order valence-electron chi connectivity index (χ3n) is 3.43. The average molecular weight is 465 g/mol. The van der Waals surface area contributed by atoms with E-state index in [0.29, 0.717) is 5.13 Å². The van der Waals surface area contributed by atoms with E-state index in [0.717, 1.165) is 26.5 Å². The van der Waals surface area contributed by atoms with Crippen LogP contribution in [0.15, 0.2) is 56.6 Å². The highest BCUT2D eigenvalue weighted by Crippen LogP contribution is 2.29. The summed E-state index contributed by atoms with van der Waals surface area (Å²) in [5, 5.41) is 11.1. The van der Waals surface area contributed by atoms with Crippen molar-refractivity contribution < 1.29 is 13.6 Å². The molecular weight excluding hydrogens is 455 g/mol. The molecule has 1 amide bonds. The Balaban J connectivity index is 1.38. The maximum atomic E-state index is 13.7. The Morgan fingerprint density at radius 3 is 2.96 bits per heavy atom. The Morgan fingerprint density at radius 1 is 1.26 bits per heavy atom. The van der Waals surface area contributed by atoms with Crippen molar-refractivity contribution in [2.75, 3.05) is 11.1 Å². The van der Waals surface area contributed by atoms with Crippen LogP contribution in [-0.4, -0.2) is 26.8 Å². The van der Waals surface area contributed by atoms with E-state index in [2.05, 4.69) is 36.4 Å². The Kier molecular flexibility index (Phi) is 5.19. The highest BCUT2D eigenvalue weighted by Gasteiger charge is 2.15. The molecule has 0 fully saturated rings. The van der Waals surface area contributed by atoms with Crippen LogP contribution in [0.3, 0.4) is 0 Å². The van der Waals surface area contributed by atoms with Crippen LogP contribution < -0.4 is 5.32 Å². The van der Waals surface area contributed by atoms with Gasteiger partial charge < -0.3 is 9.73 Å². The number of carbonyl (C=O) groups is 1. The fraction of sp³-hybridized carbons (Fsp3) is 0.0588. The van der Waals surface area contributed by atoms with Gasteiger partial charge >= 0.3 is 0 Å². The minimum Gasteiger partial charge on any atom is -0.411 e. The molecule has 2 heterocycles. The SMILES string of the molecule is O=C(CSc1nnc(-c2ccccc2F)o1)Nc1nc2ccc(Br)cc2s1. The zero-order valence-electron chi connectivity index (χ0n) is 13.5. The molecule has 0 spiro atoms. The number of hydrogen-bond donors (Lipinski definition) is 1. The molecule has 27 heavy (non-hydrogen) atoms. The summed E-state index contributed by atoms with van der Waals surface area (Å²) in [5.41, 5.74) is 1.04. The Morgan fingerprint density at radius 2 is 2.11 bits per heavy atom. The molecule has 0 saturated carbocycles. The zero-order chi connectivity index (χ0) is 18.8. The summed E-state index contributed by atoms with van der Waals surface area (Å²) in [6, 6.07) is 11.8. The summed E-state index contributed by atoms with van der Waals surface area (Å²) in [6.45, 7) is 0. The standard InChI is InChI=1S/C17H10BrFN4O2S2/c18-9-5-6-12-13(7-9)27-16(20-12)21-14(24)8-26-17-23-22-15(25-17)10-3-1-2-4-11(10)19/h1-7H,8H2,(H,20,21,24). The highest BCUT2D eigenvalue weighted by molar-refractivity contribution is 9.10. The first kappa shape index (κ1) is 18.1. The molecule has 2 aromatic heterocycles. The first-order chi connectivity index (χ1) is 13.1. The van der Waals surface area contributed by atoms with Crippen molar-refractivity contribution in [3.63, 3.8) is 0 Å². The minimum absolute atomic E-state index is 0.0680. The number of rotatable bonds is 5. The van der Waals surface area contributed by atoms with Gasteiger partial charge in [-0.25, -0.2) is 9.37 Å². The molecule has 136 valence electrons. The van der Waals surface area contributed by atoms with Crippen molar-refractivity contribution in [3.05, 3.63) is 52.8 Å². The lowest BCUT2D eigenvalue weighted by atomic mass is 10.2. The molecule has 0 aliphatic carbocycles. The van der Waals surface area contributed by atoms with E-state index in [4.69, 9.17) is 4.42 Å². The van der Waals surface area contributed by atoms with Crippen LogP contribution in [-0.2, 0) is 4.79 Å². The minimum atomic E-state index is -0.446. The average Bonchev–Trinajstić information content (AvgIpc) is 3.26. The van der Waals surface area contributed by atoms with E-state index in [1.807, 2.05) is 18.2 Å². The van der Waals surface area contributed by atoms with Gasteiger partial charge in [-0.3, -0.25) is 4.79 Å². The normalized spacial score (nSPS) is 11.0. The van der Waals surface area contributed by atoms with Crippen LogP contribution in [0.2, 0.25) is 0 Å². The van der Waals surface area contributed by atoms with Gasteiger partial charge in [0.15, 0.2) is 5.13 Å². The fourth-order valence-electron chi connectivity index (χ4n) is 2.25. The number of anilines is 1. The molecule has 10 heteroatoms. The second kappa shape index (κ2) is 7.75. The van der Waals surface area contributed by atoms with Gasteiger partial charge in [0, 0.05) is 4.47 Å². The third-order valence-corrected chi connectivity index (χ3v) is 5.68. The van der Waals surface area contributed by atoms with Crippen LogP contribution in [0.1, 0.15) is 0 Å². The zero-order valence-corrected chi connectivity index (χ0v) is 16.7. The lowest BCUT2D eigenvalue weighted by Gasteiger charge is -1.99. The van der Waals surface area contributed by atoms with Gasteiger partial charge in [0.2, 0.25) is 5.91 Å². The van der Waals surface area contributed by atoms with Gasteiger partial charge in [-0.15, -0.1) is 10.2 Å². The van der Waals surface area contributed by atoms with E-state index >= 15 is 0 Å². The molecule has 0 radical (unpaired) electrons. The predicted octanol–water partition coefficient (Wildman–Crippen LogP) is 4.98. The second-order valence-corrected chi connectivity index (χ2v) is 8.19. The first-order valence-electron chi connectivity index (χ1n) is 7.65. The molecule has 0 saturated heterocycles. The first-order valence-corrected chi connectivity index (χ1v) is 10.2. The van der Waals surface area contributed by atoms with E-state index in [-0.39, 0.29) is 28.3 Å². The van der Waals surface area contributed by atoms with Crippen LogP contribution >= 0.6 is 39.0 Å². The van der Waals surface area contributed by atoms with Gasteiger partial charge in [0.25, 0.3) is 11.1 Å². The van der Waals surface area contributed by atoms with Gasteiger partial charge in [-0.1, -0.05) is 51.2 Å². The number of hydrogen-bond acceptors (Lipinski definition) is 7. The van der Waals surface area contributed by atoms with Gasteiger partial charge in [-0.2, -0.15) is 0 Å². The van der Waals surface area contributed by atoms with E-state index in [1.165, 1.54) is 17.4 Å². The number of carbonyl (C=O) groups excluding carboxylic acids is 1. The van der Waals surface area contributed by atoms with E-state index in [9.17, 15) is 9.18 Å². The van der Waals surface area contributed by atoms with Crippen molar-refractivity contribution in [2.24, 2.45) is 0 Å². The lowest BCUT2D eigenvalue weighted by Crippen LogP contribution is -2.13. The molecule has 0 unspecified atom stereocenters. The second-order valence-electron chi connectivity index (χ2n) is 5.32. The summed E-state index contributed by atoms with van der Waals surface area (Å²) in [4.78, 5) is 16.5. The highest BCUT2D eigenvalue weighted by atomic mass is 79.9. The molecule has 0 aliphatic heterocycles. The molecular formula is C17H10BrFN4O2S2. The van der Waals surface area contributed by atoms with Gasteiger partial charge in [0.05, 0.1) is 21.5 Å². The van der Waals surface area contributed by atoms with Crippen molar-refractivity contribution in [1.29, 1.82) is 0 Å². The molecule has 6 nitrogen and oxygen atoms in total. The quantitative estimate of drug-likeness (QED) is 0.419. The Bertz CT molecular complexity index is 1130. The molecule has 4 aromatic rings. The largest absolute Gasteiger partial charge is 0.411 e. The van der Waals surface area contributed by atoms with E-state index < -0.39 is 5.82 Å². The molecule has 1 N–H and O–H groups in total. The van der Waals surface area contributed by atoms with Crippen LogP contribution in [0, 0.1) is 5.82 Å². The lowest BCUT2D eigenvalue weighted by molar-refractivity contribution is -0.113. The summed E-state index contributed by atoms with van der Waals surface area (Å²) in [7, 11) is 0. The number of fused-ring (bicyclic) bond motifs is 1. The molecule has 0 aliphatic rings. The molecule has 4 rings (SSSR count). The fourth-order valence-corrected chi connectivity index (χ4v) is 4.24. The van der Waals surface area contributed by atoms with Crippen molar-refractivity contribution in [3.8, 4) is 11.5 Å². The Labute approximate surface area is 169 Å². The van der Waals surface area contributed by atoms with E-state index in [1.54, 1.807) is 18.2 Å². The number of halogens is 2. The summed E-state index contributed by atoms with van der Waals surface area (Å²) < 4.78 is 21.1. The van der Waals surface area contributed by atoms with Crippen molar-refractivity contribution >= 4 is 60.3 Å². The van der Waals surface area contributed by atoms with Crippen LogP contribution in [0.4, 0.5) is 9.52 Å². The summed E-state index contributed by atoms with van der Waals surface area (Å²) in [6.07, 6.45) is 0.